The van der Waals surface area contributed by atoms with Crippen LogP contribution in [0.2, 0.25) is 0 Å². The quantitative estimate of drug-likeness (QED) is 0.798. The van der Waals surface area contributed by atoms with Crippen LogP contribution in [0.25, 0.3) is 0 Å². The molecule has 0 aliphatic carbocycles. The summed E-state index contributed by atoms with van der Waals surface area (Å²) in [5, 5.41) is 17.2. The highest BCUT2D eigenvalue weighted by Crippen LogP contribution is 2.23. The van der Waals surface area contributed by atoms with Gasteiger partial charge in [0.2, 0.25) is 5.91 Å². The van der Waals surface area contributed by atoms with Crippen LogP contribution >= 0.6 is 11.3 Å². The molecule has 0 fully saturated rings. The Hall–Kier alpha value is -2.29. The number of aromatic nitrogens is 2. The summed E-state index contributed by atoms with van der Waals surface area (Å²) in [7, 11) is 0. The summed E-state index contributed by atoms with van der Waals surface area (Å²) in [6, 6.07) is 2.85. The van der Waals surface area contributed by atoms with Crippen LogP contribution in [-0.4, -0.2) is 26.8 Å². The van der Waals surface area contributed by atoms with Crippen molar-refractivity contribution in [2.75, 3.05) is 0 Å². The Morgan fingerprint density at radius 2 is 2.12 bits per heavy atom. The number of alkyl halides is 2. The molecule has 1 atom stereocenters. The Morgan fingerprint density at radius 3 is 2.62 bits per heavy atom. The van der Waals surface area contributed by atoms with Crippen LogP contribution < -0.4 is 5.32 Å². The largest absolute Gasteiger partial charge is 0.481 e. The molecule has 0 aromatic carbocycles. The lowest BCUT2D eigenvalue weighted by molar-refractivity contribution is -0.137. The number of carbonyl (C=O) groups excluding carboxylic acids is 1. The second-order valence-electron chi connectivity index (χ2n) is 5.28. The first-order chi connectivity index (χ1) is 11.3. The fourth-order valence-electron chi connectivity index (χ4n) is 2.44. The summed E-state index contributed by atoms with van der Waals surface area (Å²) in [5.74, 6) is -1.47. The average molecular weight is 357 g/mol. The molecule has 0 bridgehead atoms. The molecule has 2 rings (SSSR count). The molecule has 0 unspecified atom stereocenters. The molecular weight excluding hydrogens is 340 g/mol. The lowest BCUT2D eigenvalue weighted by Crippen LogP contribution is -2.31. The number of nitrogens with zero attached hydrogens (tertiary/aromatic N) is 2. The van der Waals surface area contributed by atoms with Crippen LogP contribution in [0.15, 0.2) is 17.5 Å². The molecule has 1 amide bonds. The zero-order valence-electron chi connectivity index (χ0n) is 13.1. The summed E-state index contributed by atoms with van der Waals surface area (Å²) in [6.45, 7) is 0.261. The van der Waals surface area contributed by atoms with E-state index < -0.39 is 24.5 Å². The number of nitrogens with one attached hydrogen (secondary N) is 1. The van der Waals surface area contributed by atoms with Gasteiger partial charge in [-0.3, -0.25) is 9.59 Å². The van der Waals surface area contributed by atoms with E-state index in [1.807, 2.05) is 0 Å². The number of amides is 1. The third-order valence-electron chi connectivity index (χ3n) is 3.60. The Morgan fingerprint density at radius 1 is 1.42 bits per heavy atom. The van der Waals surface area contributed by atoms with Gasteiger partial charge in [-0.1, -0.05) is 6.07 Å². The zero-order chi connectivity index (χ0) is 17.9. The van der Waals surface area contributed by atoms with Gasteiger partial charge in [0, 0.05) is 16.1 Å². The highest BCUT2D eigenvalue weighted by Gasteiger charge is 2.22. The van der Waals surface area contributed by atoms with E-state index >= 15 is 0 Å². The van der Waals surface area contributed by atoms with Gasteiger partial charge in [-0.15, -0.1) is 11.3 Å². The second kappa shape index (κ2) is 7.52. The number of carboxylic acid groups (broad SMARTS) is 1. The normalized spacial score (nSPS) is 12.4. The molecule has 6 nitrogen and oxygen atoms in total. The van der Waals surface area contributed by atoms with E-state index in [-0.39, 0.29) is 18.5 Å². The van der Waals surface area contributed by atoms with E-state index in [0.29, 0.717) is 15.9 Å². The maximum Gasteiger partial charge on any atom is 0.333 e. The number of aryl methyl sites for hydroxylation is 1. The Balaban J connectivity index is 2.13. The molecule has 2 N–H and O–H groups in total. The summed E-state index contributed by atoms with van der Waals surface area (Å²) < 4.78 is 26.2. The third-order valence-corrected chi connectivity index (χ3v) is 4.58. The van der Waals surface area contributed by atoms with Gasteiger partial charge in [-0.2, -0.15) is 13.9 Å². The van der Waals surface area contributed by atoms with E-state index in [1.165, 1.54) is 18.3 Å². The number of aliphatic carboxylic acids is 1. The van der Waals surface area contributed by atoms with Crippen molar-refractivity contribution in [2.24, 2.45) is 0 Å². The average Bonchev–Trinajstić information content (AvgIpc) is 3.10. The van der Waals surface area contributed by atoms with Gasteiger partial charge in [0.05, 0.1) is 24.6 Å². The maximum atomic E-state index is 12.8. The maximum absolute atomic E-state index is 12.8. The second-order valence-corrected chi connectivity index (χ2v) is 6.26. The molecule has 0 saturated heterocycles. The smallest absolute Gasteiger partial charge is 0.333 e. The number of carbonyl (C=O) groups is 2. The highest BCUT2D eigenvalue weighted by atomic mass is 32.1. The summed E-state index contributed by atoms with van der Waals surface area (Å²) >= 11 is 1.34. The minimum absolute atomic E-state index is 0.133. The minimum atomic E-state index is -2.77. The Kier molecular flexibility index (Phi) is 5.66. The first kappa shape index (κ1) is 18.1. The molecular formula is C15H17F2N3O3S. The molecule has 24 heavy (non-hydrogen) atoms. The van der Waals surface area contributed by atoms with E-state index in [2.05, 4.69) is 10.4 Å². The van der Waals surface area contributed by atoms with E-state index in [0.717, 1.165) is 4.88 Å². The van der Waals surface area contributed by atoms with Crippen LogP contribution in [0.1, 0.15) is 40.8 Å². The number of halogens is 2. The first-order valence-corrected chi connectivity index (χ1v) is 8.04. The molecule has 130 valence electrons. The van der Waals surface area contributed by atoms with Crippen molar-refractivity contribution in [3.05, 3.63) is 39.3 Å². The number of hydrogen-bond acceptors (Lipinski definition) is 4. The molecule has 0 radical (unpaired) electrons. The van der Waals surface area contributed by atoms with Crippen molar-refractivity contribution < 1.29 is 23.5 Å². The molecule has 0 saturated carbocycles. The lowest BCUT2D eigenvalue weighted by atomic mass is 10.1. The molecule has 2 aromatic heterocycles. The fraction of sp³-hybridized carbons (Fsp3) is 0.400. The van der Waals surface area contributed by atoms with Crippen LogP contribution in [-0.2, 0) is 16.0 Å². The van der Waals surface area contributed by atoms with Crippen molar-refractivity contribution in [2.45, 2.75) is 39.3 Å². The highest BCUT2D eigenvalue weighted by molar-refractivity contribution is 7.10. The van der Waals surface area contributed by atoms with Gasteiger partial charge >= 0.3 is 12.5 Å². The number of thiophene rings is 1. The van der Waals surface area contributed by atoms with Gasteiger partial charge in [0.1, 0.15) is 0 Å². The number of hydrogen-bond donors (Lipinski definition) is 2. The number of carboxylic acids is 1. The van der Waals surface area contributed by atoms with Gasteiger partial charge < -0.3 is 10.4 Å². The SMILES string of the molecule is Cc1nn(C(F)F)c(C)c1CC(=O)N[C@@H](CC(=O)O)c1cccs1. The van der Waals surface area contributed by atoms with Gasteiger partial charge in [-0.05, 0) is 25.3 Å². The standard InChI is InChI=1S/C15H17F2N3O3S/c1-8-10(9(2)20(19-8)15(16)17)6-13(21)18-11(7-14(22)23)12-4-3-5-24-12/h3-5,11,15H,6-7H2,1-2H3,(H,18,21)(H,22,23)/t11-/m0/s1. The minimum Gasteiger partial charge on any atom is -0.481 e. The van der Waals surface area contributed by atoms with E-state index in [9.17, 15) is 18.4 Å². The molecule has 2 aromatic rings. The zero-order valence-corrected chi connectivity index (χ0v) is 13.9. The molecule has 0 aliphatic rings. The molecule has 0 aliphatic heterocycles. The van der Waals surface area contributed by atoms with Gasteiger partial charge in [0.25, 0.3) is 0 Å². The monoisotopic (exact) mass is 357 g/mol. The predicted molar refractivity (Wildman–Crippen MR) is 84.1 cm³/mol. The molecule has 0 spiro atoms. The van der Waals surface area contributed by atoms with Crippen LogP contribution in [0.3, 0.4) is 0 Å². The van der Waals surface area contributed by atoms with Crippen LogP contribution in [0.4, 0.5) is 8.78 Å². The van der Waals surface area contributed by atoms with Gasteiger partial charge in [0.15, 0.2) is 0 Å². The van der Waals surface area contributed by atoms with E-state index in [1.54, 1.807) is 24.4 Å². The molecule has 9 heteroatoms. The van der Waals surface area contributed by atoms with Crippen molar-refractivity contribution in [3.63, 3.8) is 0 Å². The van der Waals surface area contributed by atoms with Gasteiger partial charge in [-0.25, -0.2) is 4.68 Å². The lowest BCUT2D eigenvalue weighted by Gasteiger charge is -2.15. The Labute approximate surface area is 141 Å². The van der Waals surface area contributed by atoms with Crippen molar-refractivity contribution in [1.29, 1.82) is 0 Å². The fourth-order valence-corrected chi connectivity index (χ4v) is 3.21. The summed E-state index contributed by atoms with van der Waals surface area (Å²) in [5.41, 5.74) is 1.01. The third kappa shape index (κ3) is 4.16. The topological polar surface area (TPSA) is 84.2 Å². The Bertz CT molecular complexity index is 729. The van der Waals surface area contributed by atoms with Crippen molar-refractivity contribution in [1.82, 2.24) is 15.1 Å². The van der Waals surface area contributed by atoms with Crippen molar-refractivity contribution in [3.8, 4) is 0 Å². The predicted octanol–water partition coefficient (Wildman–Crippen LogP) is 2.83. The summed E-state index contributed by atoms with van der Waals surface area (Å²) in [6.07, 6.45) is -0.383. The van der Waals surface area contributed by atoms with Crippen molar-refractivity contribution >= 4 is 23.2 Å². The van der Waals surface area contributed by atoms with Crippen LogP contribution in [0, 0.1) is 13.8 Å². The van der Waals surface area contributed by atoms with Crippen LogP contribution in [0.5, 0.6) is 0 Å². The first-order valence-electron chi connectivity index (χ1n) is 7.17. The molecule has 2 heterocycles. The van der Waals surface area contributed by atoms with E-state index in [4.69, 9.17) is 5.11 Å². The summed E-state index contributed by atoms with van der Waals surface area (Å²) in [4.78, 5) is 24.0. The number of rotatable bonds is 7.